The van der Waals surface area contributed by atoms with Crippen LogP contribution in [0, 0.1) is 0 Å². The highest BCUT2D eigenvalue weighted by atomic mass is 79.9. The standard InChI is InChI=1S/C19H18BrN3O2S.2ClH/c20-16-10-14(19(21)24)4-5-17(16)25-18-6-3-13(12-23-18)11-22-8-7-15-2-1-9-26-15;;/h1-6,9-10,12,22H,7-8,11H2,(H2,21,24);2*1H. The van der Waals surface area contributed by atoms with E-state index in [1.807, 2.05) is 12.1 Å². The van der Waals surface area contributed by atoms with Crippen LogP contribution in [0.3, 0.4) is 0 Å². The number of nitrogens with two attached hydrogens (primary N) is 1. The van der Waals surface area contributed by atoms with Gasteiger partial charge in [-0.2, -0.15) is 0 Å². The van der Waals surface area contributed by atoms with Crippen molar-refractivity contribution in [3.8, 4) is 11.6 Å². The predicted octanol–water partition coefficient (Wildman–Crippen LogP) is 4.97. The molecule has 0 aliphatic heterocycles. The van der Waals surface area contributed by atoms with Crippen LogP contribution in [0.25, 0.3) is 0 Å². The SMILES string of the molecule is Cl.Cl.NC(=O)c1ccc(Oc2ccc(CNCCc3cccs3)cn2)c(Br)c1. The smallest absolute Gasteiger partial charge is 0.248 e. The molecule has 3 aromatic rings. The molecule has 2 heterocycles. The number of hydrogen-bond donors (Lipinski definition) is 2. The first-order valence-electron chi connectivity index (χ1n) is 8.07. The maximum Gasteiger partial charge on any atom is 0.248 e. The summed E-state index contributed by atoms with van der Waals surface area (Å²) in [6.45, 7) is 1.69. The molecule has 0 bridgehead atoms. The zero-order valence-electron chi connectivity index (χ0n) is 14.8. The number of rotatable bonds is 8. The van der Waals surface area contributed by atoms with Crippen molar-refractivity contribution in [3.05, 3.63) is 74.5 Å². The molecule has 0 saturated carbocycles. The van der Waals surface area contributed by atoms with E-state index in [9.17, 15) is 4.79 Å². The number of thiophene rings is 1. The van der Waals surface area contributed by atoms with Crippen LogP contribution < -0.4 is 15.8 Å². The molecule has 3 rings (SSSR count). The number of carbonyl (C=O) groups is 1. The Hall–Kier alpha value is -1.64. The highest BCUT2D eigenvalue weighted by Gasteiger charge is 2.08. The third kappa shape index (κ3) is 7.07. The second kappa shape index (κ2) is 12.0. The molecule has 0 aliphatic carbocycles. The van der Waals surface area contributed by atoms with Crippen molar-refractivity contribution in [2.24, 2.45) is 5.73 Å². The van der Waals surface area contributed by atoms with Gasteiger partial charge in [-0.25, -0.2) is 4.98 Å². The quantitative estimate of drug-likeness (QED) is 0.424. The third-order valence-electron chi connectivity index (χ3n) is 3.69. The number of primary amides is 1. The van der Waals surface area contributed by atoms with Crippen LogP contribution in [0.1, 0.15) is 20.8 Å². The molecule has 0 unspecified atom stereocenters. The molecule has 0 atom stereocenters. The van der Waals surface area contributed by atoms with E-state index in [4.69, 9.17) is 10.5 Å². The fourth-order valence-electron chi connectivity index (χ4n) is 2.32. The summed E-state index contributed by atoms with van der Waals surface area (Å²) in [7, 11) is 0. The van der Waals surface area contributed by atoms with Gasteiger partial charge in [0.05, 0.1) is 4.47 Å². The summed E-state index contributed by atoms with van der Waals surface area (Å²) in [5, 5.41) is 5.50. The summed E-state index contributed by atoms with van der Waals surface area (Å²) < 4.78 is 6.39. The van der Waals surface area contributed by atoms with Crippen molar-refractivity contribution >= 4 is 58.0 Å². The maximum absolute atomic E-state index is 11.2. The highest BCUT2D eigenvalue weighted by Crippen LogP contribution is 2.29. The Morgan fingerprint density at radius 2 is 2.04 bits per heavy atom. The van der Waals surface area contributed by atoms with Gasteiger partial charge in [-0.1, -0.05) is 12.1 Å². The number of halogens is 3. The molecule has 0 saturated heterocycles. The second-order valence-electron chi connectivity index (χ2n) is 5.62. The van der Waals surface area contributed by atoms with Crippen molar-refractivity contribution in [2.75, 3.05) is 6.54 Å². The molecular weight excluding hydrogens is 485 g/mol. The van der Waals surface area contributed by atoms with Crippen LogP contribution in [0.4, 0.5) is 0 Å². The number of pyridine rings is 1. The van der Waals surface area contributed by atoms with E-state index >= 15 is 0 Å². The van der Waals surface area contributed by atoms with E-state index in [1.54, 1.807) is 35.7 Å². The zero-order valence-corrected chi connectivity index (χ0v) is 18.8. The van der Waals surface area contributed by atoms with Crippen molar-refractivity contribution in [2.45, 2.75) is 13.0 Å². The average molecular weight is 505 g/mol. The highest BCUT2D eigenvalue weighted by molar-refractivity contribution is 9.10. The normalized spacial score (nSPS) is 9.89. The zero-order chi connectivity index (χ0) is 18.4. The van der Waals surface area contributed by atoms with Crippen LogP contribution in [-0.2, 0) is 13.0 Å². The minimum Gasteiger partial charge on any atom is -0.438 e. The summed E-state index contributed by atoms with van der Waals surface area (Å²) in [4.78, 5) is 16.9. The van der Waals surface area contributed by atoms with Gasteiger partial charge in [-0.05, 0) is 57.6 Å². The Morgan fingerprint density at radius 1 is 1.21 bits per heavy atom. The van der Waals surface area contributed by atoms with E-state index < -0.39 is 5.91 Å². The lowest BCUT2D eigenvalue weighted by Gasteiger charge is -2.09. The third-order valence-corrected chi connectivity index (χ3v) is 5.24. The molecule has 0 aliphatic rings. The summed E-state index contributed by atoms with van der Waals surface area (Å²) >= 11 is 5.15. The van der Waals surface area contributed by atoms with Crippen LogP contribution in [-0.4, -0.2) is 17.4 Å². The lowest BCUT2D eigenvalue weighted by Crippen LogP contribution is -2.16. The van der Waals surface area contributed by atoms with Crippen molar-refractivity contribution in [1.82, 2.24) is 10.3 Å². The Balaban J connectivity index is 0.00000196. The molecule has 1 aromatic carbocycles. The lowest BCUT2D eigenvalue weighted by molar-refractivity contribution is 0.1000. The number of amides is 1. The molecule has 2 aromatic heterocycles. The number of nitrogens with zero attached hydrogens (tertiary/aromatic N) is 1. The number of aromatic nitrogens is 1. The number of ether oxygens (including phenoxy) is 1. The summed E-state index contributed by atoms with van der Waals surface area (Å²) in [5.41, 5.74) is 6.77. The number of benzene rings is 1. The minimum absolute atomic E-state index is 0. The fourth-order valence-corrected chi connectivity index (χ4v) is 3.49. The Bertz CT molecular complexity index is 877. The van der Waals surface area contributed by atoms with Gasteiger partial charge in [0, 0.05) is 35.8 Å². The largest absolute Gasteiger partial charge is 0.438 e. The Labute approximate surface area is 188 Å². The molecule has 28 heavy (non-hydrogen) atoms. The van der Waals surface area contributed by atoms with E-state index in [-0.39, 0.29) is 24.8 Å². The molecule has 9 heteroatoms. The first-order valence-corrected chi connectivity index (χ1v) is 9.74. The number of nitrogens with one attached hydrogen (secondary N) is 1. The number of carbonyl (C=O) groups excluding carboxylic acids is 1. The van der Waals surface area contributed by atoms with Crippen molar-refractivity contribution in [1.29, 1.82) is 0 Å². The topological polar surface area (TPSA) is 77.2 Å². The number of hydrogen-bond acceptors (Lipinski definition) is 5. The first kappa shape index (κ1) is 24.4. The van der Waals surface area contributed by atoms with Crippen molar-refractivity contribution < 1.29 is 9.53 Å². The molecule has 0 radical (unpaired) electrons. The summed E-state index contributed by atoms with van der Waals surface area (Å²) in [5.74, 6) is 0.579. The van der Waals surface area contributed by atoms with Gasteiger partial charge in [-0.3, -0.25) is 4.79 Å². The first-order chi connectivity index (χ1) is 12.6. The Morgan fingerprint density at radius 3 is 2.64 bits per heavy atom. The summed E-state index contributed by atoms with van der Waals surface area (Å²) in [6.07, 6.45) is 2.82. The molecular formula is C19H20BrCl2N3O2S. The van der Waals surface area contributed by atoms with E-state index in [0.717, 1.165) is 25.1 Å². The molecule has 3 N–H and O–H groups in total. The molecule has 0 spiro atoms. The predicted molar refractivity (Wildman–Crippen MR) is 121 cm³/mol. The lowest BCUT2D eigenvalue weighted by atomic mass is 10.2. The molecule has 5 nitrogen and oxygen atoms in total. The maximum atomic E-state index is 11.2. The molecule has 1 amide bonds. The van der Waals surface area contributed by atoms with Gasteiger partial charge in [0.2, 0.25) is 11.8 Å². The summed E-state index contributed by atoms with van der Waals surface area (Å²) in [6, 6.07) is 13.0. The van der Waals surface area contributed by atoms with Gasteiger partial charge in [-0.15, -0.1) is 36.2 Å². The van der Waals surface area contributed by atoms with Crippen LogP contribution in [0.2, 0.25) is 0 Å². The minimum atomic E-state index is -0.480. The average Bonchev–Trinajstić information content (AvgIpc) is 3.15. The molecule has 150 valence electrons. The van der Waals surface area contributed by atoms with Gasteiger partial charge >= 0.3 is 0 Å². The second-order valence-corrected chi connectivity index (χ2v) is 7.51. The van der Waals surface area contributed by atoms with Gasteiger partial charge in [0.15, 0.2) is 0 Å². The van der Waals surface area contributed by atoms with Crippen LogP contribution in [0.15, 0.2) is 58.5 Å². The fraction of sp³-hybridized carbons (Fsp3) is 0.158. The van der Waals surface area contributed by atoms with Gasteiger partial charge in [0.1, 0.15) is 5.75 Å². The van der Waals surface area contributed by atoms with Crippen LogP contribution in [0.5, 0.6) is 11.6 Å². The van der Waals surface area contributed by atoms with Gasteiger partial charge < -0.3 is 15.8 Å². The molecule has 0 fully saturated rings. The van der Waals surface area contributed by atoms with E-state index in [2.05, 4.69) is 43.7 Å². The van der Waals surface area contributed by atoms with Crippen molar-refractivity contribution in [3.63, 3.8) is 0 Å². The van der Waals surface area contributed by atoms with E-state index in [1.165, 1.54) is 4.88 Å². The monoisotopic (exact) mass is 503 g/mol. The van der Waals surface area contributed by atoms with Gasteiger partial charge in [0.25, 0.3) is 0 Å². The van der Waals surface area contributed by atoms with Crippen LogP contribution >= 0.6 is 52.1 Å². The van der Waals surface area contributed by atoms with E-state index in [0.29, 0.717) is 21.7 Å². The Kier molecular flexibility index (Phi) is 10.5.